The molecule has 0 fully saturated rings. The van der Waals surface area contributed by atoms with Crippen molar-refractivity contribution in [1.82, 2.24) is 5.32 Å². The van der Waals surface area contributed by atoms with E-state index >= 15 is 0 Å². The summed E-state index contributed by atoms with van der Waals surface area (Å²) in [5, 5.41) is 3.52. The lowest BCUT2D eigenvalue weighted by molar-refractivity contribution is 0.516. The zero-order valence-electron chi connectivity index (χ0n) is 12.5. The van der Waals surface area contributed by atoms with E-state index in [1.165, 1.54) is 17.2 Å². The highest BCUT2D eigenvalue weighted by atomic mass is 19.1. The van der Waals surface area contributed by atoms with Crippen molar-refractivity contribution < 1.29 is 4.39 Å². The number of benzene rings is 2. The summed E-state index contributed by atoms with van der Waals surface area (Å²) in [7, 11) is 0. The number of allylic oxidation sites excluding steroid dienone is 1. The molecule has 2 aromatic rings. The van der Waals surface area contributed by atoms with Crippen molar-refractivity contribution in [3.05, 3.63) is 89.3 Å². The van der Waals surface area contributed by atoms with E-state index in [4.69, 9.17) is 0 Å². The van der Waals surface area contributed by atoms with Gasteiger partial charge in [0.2, 0.25) is 0 Å². The summed E-state index contributed by atoms with van der Waals surface area (Å²) in [6.45, 7) is 0.869. The van der Waals surface area contributed by atoms with Crippen LogP contribution >= 0.6 is 0 Å². The molecule has 2 aromatic carbocycles. The molecule has 1 N–H and O–H groups in total. The standard InChI is InChI=1S/C20H20FN/c21-20-9-5-4-8-18(20)11-10-17-12-13-22-19(15-17)14-16-6-2-1-3-7-16/h1-12,19,22H,13-15H2/b11-10+. The maximum Gasteiger partial charge on any atom is 0.130 e. The van der Waals surface area contributed by atoms with Crippen LogP contribution in [0.2, 0.25) is 0 Å². The van der Waals surface area contributed by atoms with Gasteiger partial charge in [-0.05, 0) is 30.0 Å². The fourth-order valence-electron chi connectivity index (χ4n) is 2.78. The van der Waals surface area contributed by atoms with Crippen LogP contribution in [0.1, 0.15) is 17.5 Å². The molecule has 0 bridgehead atoms. The highest BCUT2D eigenvalue weighted by Crippen LogP contribution is 2.18. The Labute approximate surface area is 131 Å². The third kappa shape index (κ3) is 3.92. The number of hydrogen-bond acceptors (Lipinski definition) is 1. The van der Waals surface area contributed by atoms with Crippen molar-refractivity contribution in [3.8, 4) is 0 Å². The molecule has 1 aliphatic heterocycles. The van der Waals surface area contributed by atoms with E-state index in [1.54, 1.807) is 12.1 Å². The molecule has 0 aromatic heterocycles. The Hall–Kier alpha value is -2.19. The van der Waals surface area contributed by atoms with Gasteiger partial charge < -0.3 is 5.32 Å². The summed E-state index contributed by atoms with van der Waals surface area (Å²) < 4.78 is 13.6. The van der Waals surface area contributed by atoms with Gasteiger partial charge in [0.1, 0.15) is 5.82 Å². The molecule has 0 amide bonds. The van der Waals surface area contributed by atoms with Crippen molar-refractivity contribution in [2.45, 2.75) is 18.9 Å². The molecule has 0 radical (unpaired) electrons. The molecule has 0 spiro atoms. The van der Waals surface area contributed by atoms with E-state index in [2.05, 4.69) is 35.7 Å². The molecule has 0 saturated carbocycles. The summed E-state index contributed by atoms with van der Waals surface area (Å²) in [4.78, 5) is 0. The van der Waals surface area contributed by atoms with Crippen molar-refractivity contribution in [2.75, 3.05) is 6.54 Å². The van der Waals surface area contributed by atoms with Crippen LogP contribution in [-0.2, 0) is 6.42 Å². The van der Waals surface area contributed by atoms with Gasteiger partial charge in [0.25, 0.3) is 0 Å². The number of halogens is 1. The maximum atomic E-state index is 13.6. The molecule has 0 aliphatic carbocycles. The summed E-state index contributed by atoms with van der Waals surface area (Å²) in [5.41, 5.74) is 3.25. The van der Waals surface area contributed by atoms with Crippen LogP contribution in [0.25, 0.3) is 6.08 Å². The summed E-state index contributed by atoms with van der Waals surface area (Å²) in [6.07, 6.45) is 8.08. The summed E-state index contributed by atoms with van der Waals surface area (Å²) in [6, 6.07) is 17.8. The summed E-state index contributed by atoms with van der Waals surface area (Å²) in [5.74, 6) is -0.172. The van der Waals surface area contributed by atoms with Crippen LogP contribution in [0.3, 0.4) is 0 Å². The first-order chi connectivity index (χ1) is 10.8. The second-order valence-corrected chi connectivity index (χ2v) is 5.63. The monoisotopic (exact) mass is 293 g/mol. The van der Waals surface area contributed by atoms with E-state index in [-0.39, 0.29) is 5.82 Å². The van der Waals surface area contributed by atoms with Crippen LogP contribution in [0.15, 0.2) is 72.3 Å². The Morgan fingerprint density at radius 2 is 1.77 bits per heavy atom. The average molecular weight is 293 g/mol. The Morgan fingerprint density at radius 3 is 2.59 bits per heavy atom. The Kier molecular flexibility index (Phi) is 4.81. The van der Waals surface area contributed by atoms with E-state index in [9.17, 15) is 4.39 Å². The molecule has 2 heteroatoms. The Morgan fingerprint density at radius 1 is 1.00 bits per heavy atom. The molecule has 3 rings (SSSR count). The zero-order chi connectivity index (χ0) is 15.2. The Bertz CT molecular complexity index is 673. The van der Waals surface area contributed by atoms with Crippen molar-refractivity contribution in [1.29, 1.82) is 0 Å². The minimum Gasteiger partial charge on any atom is -0.310 e. The smallest absolute Gasteiger partial charge is 0.130 e. The molecule has 1 heterocycles. The van der Waals surface area contributed by atoms with E-state index in [1.807, 2.05) is 24.3 Å². The fourth-order valence-corrected chi connectivity index (χ4v) is 2.78. The highest BCUT2D eigenvalue weighted by molar-refractivity contribution is 5.53. The topological polar surface area (TPSA) is 12.0 Å². The van der Waals surface area contributed by atoms with Crippen molar-refractivity contribution in [3.63, 3.8) is 0 Å². The van der Waals surface area contributed by atoms with Gasteiger partial charge in [-0.1, -0.05) is 66.8 Å². The van der Waals surface area contributed by atoms with Gasteiger partial charge in [0.05, 0.1) is 0 Å². The van der Waals surface area contributed by atoms with Crippen LogP contribution in [0, 0.1) is 5.82 Å². The Balaban J connectivity index is 1.63. The van der Waals surface area contributed by atoms with Gasteiger partial charge in [0, 0.05) is 18.2 Å². The minimum absolute atomic E-state index is 0.172. The third-order valence-electron chi connectivity index (χ3n) is 3.96. The predicted octanol–water partition coefficient (Wildman–Crippen LogP) is 4.37. The second kappa shape index (κ2) is 7.19. The molecule has 1 nitrogen and oxygen atoms in total. The van der Waals surface area contributed by atoms with Crippen LogP contribution < -0.4 is 5.32 Å². The lowest BCUT2D eigenvalue weighted by atomic mass is 9.95. The first-order valence-electron chi connectivity index (χ1n) is 7.70. The zero-order valence-corrected chi connectivity index (χ0v) is 12.5. The van der Waals surface area contributed by atoms with E-state index in [0.29, 0.717) is 11.6 Å². The predicted molar refractivity (Wildman–Crippen MR) is 90.1 cm³/mol. The first-order valence-corrected chi connectivity index (χ1v) is 7.70. The normalized spacial score (nSPS) is 18.4. The molecular weight excluding hydrogens is 273 g/mol. The maximum absolute atomic E-state index is 13.6. The van der Waals surface area contributed by atoms with Gasteiger partial charge in [-0.25, -0.2) is 4.39 Å². The lowest BCUT2D eigenvalue weighted by Crippen LogP contribution is -2.34. The number of nitrogens with one attached hydrogen (secondary N) is 1. The van der Waals surface area contributed by atoms with Crippen LogP contribution in [0.5, 0.6) is 0 Å². The van der Waals surface area contributed by atoms with Gasteiger partial charge in [-0.3, -0.25) is 0 Å². The van der Waals surface area contributed by atoms with Crippen molar-refractivity contribution >= 4 is 6.08 Å². The third-order valence-corrected chi connectivity index (χ3v) is 3.96. The molecular formula is C20H20FN. The second-order valence-electron chi connectivity index (χ2n) is 5.63. The number of rotatable bonds is 4. The van der Waals surface area contributed by atoms with Crippen LogP contribution in [-0.4, -0.2) is 12.6 Å². The van der Waals surface area contributed by atoms with Gasteiger partial charge in [0.15, 0.2) is 0 Å². The lowest BCUT2D eigenvalue weighted by Gasteiger charge is -2.23. The van der Waals surface area contributed by atoms with Gasteiger partial charge in [-0.2, -0.15) is 0 Å². The number of hydrogen-bond donors (Lipinski definition) is 1. The quantitative estimate of drug-likeness (QED) is 0.882. The minimum atomic E-state index is -0.172. The van der Waals surface area contributed by atoms with Crippen LogP contribution in [0.4, 0.5) is 4.39 Å². The van der Waals surface area contributed by atoms with E-state index in [0.717, 1.165) is 19.4 Å². The largest absolute Gasteiger partial charge is 0.310 e. The molecule has 1 unspecified atom stereocenters. The van der Waals surface area contributed by atoms with Gasteiger partial charge in [-0.15, -0.1) is 0 Å². The first kappa shape index (κ1) is 14.7. The molecule has 22 heavy (non-hydrogen) atoms. The fraction of sp³-hybridized carbons (Fsp3) is 0.200. The molecule has 0 saturated heterocycles. The van der Waals surface area contributed by atoms with E-state index < -0.39 is 0 Å². The SMILES string of the molecule is Fc1ccccc1/C=C/C1=CCNC(Cc2ccccc2)C1. The highest BCUT2D eigenvalue weighted by Gasteiger charge is 2.13. The van der Waals surface area contributed by atoms with Gasteiger partial charge >= 0.3 is 0 Å². The van der Waals surface area contributed by atoms with Crippen molar-refractivity contribution in [2.24, 2.45) is 0 Å². The molecule has 1 aliphatic rings. The molecule has 1 atom stereocenters. The molecule has 112 valence electrons. The summed E-state index contributed by atoms with van der Waals surface area (Å²) >= 11 is 0. The average Bonchev–Trinajstić information content (AvgIpc) is 2.55.